The van der Waals surface area contributed by atoms with Gasteiger partial charge in [0.15, 0.2) is 15.8 Å². The van der Waals surface area contributed by atoms with E-state index in [9.17, 15) is 14.4 Å². The van der Waals surface area contributed by atoms with Gasteiger partial charge in [0.05, 0.1) is 17.1 Å². The number of rotatable bonds is 8. The quantitative estimate of drug-likeness (QED) is 0.0836. The van der Waals surface area contributed by atoms with E-state index in [0.717, 1.165) is 148 Å². The van der Waals surface area contributed by atoms with Crippen molar-refractivity contribution in [3.05, 3.63) is 147 Å². The second-order valence-electron chi connectivity index (χ2n) is 18.1. The number of Topliss-reactive ketones (excluding diaryl/α,β-unsaturated/α-hetero) is 1. The number of carboxylic acid groups (broad SMARTS) is 1. The molecule has 0 spiro atoms. The number of aromatic nitrogens is 3. The second-order valence-corrected chi connectivity index (χ2v) is 21.3. The molecule has 3 aliphatic rings. The van der Waals surface area contributed by atoms with Crippen LogP contribution in [0.25, 0.3) is 22.3 Å². The van der Waals surface area contributed by atoms with Crippen molar-refractivity contribution >= 4 is 68.7 Å². The molecule has 6 N–H and O–H groups in total. The first-order valence-electron chi connectivity index (χ1n) is 23.0. The molecule has 0 saturated carbocycles. The zero-order valence-electron chi connectivity index (χ0n) is 40.2. The lowest BCUT2D eigenvalue weighted by molar-refractivity contribution is 0.0695. The number of carbonyl (C=O) groups excluding carboxylic acids is 2. The number of ketones is 1. The molecular weight excluding hydrogens is 935 g/mol. The van der Waals surface area contributed by atoms with Crippen LogP contribution in [0.4, 0.5) is 17.1 Å². The number of benzene rings is 4. The Morgan fingerprint density at radius 1 is 0.571 bits per heavy atom. The Morgan fingerprint density at radius 2 is 0.971 bits per heavy atom. The number of carbonyl (C=O) groups is 3. The summed E-state index contributed by atoms with van der Waals surface area (Å²) in [4.78, 5) is 60.6. The molecule has 7 aromatic rings. The van der Waals surface area contributed by atoms with E-state index < -0.39 is 5.97 Å². The summed E-state index contributed by atoms with van der Waals surface area (Å²) in [6, 6.07) is 24.0. The van der Waals surface area contributed by atoms with Gasteiger partial charge in [0.1, 0.15) is 0 Å². The minimum Gasteiger partial charge on any atom is -0.476 e. The number of nitrogens with two attached hydrogens (primary N) is 2. The molecule has 3 aromatic heterocycles. The first kappa shape index (κ1) is 51.7. The summed E-state index contributed by atoms with van der Waals surface area (Å²) in [5, 5.41) is 13.2. The minimum absolute atomic E-state index is 0. The number of amides is 1. The average Bonchev–Trinajstić information content (AvgIpc) is 4.07. The van der Waals surface area contributed by atoms with Gasteiger partial charge in [-0.05, 0) is 117 Å². The molecule has 0 saturated heterocycles. The second kappa shape index (κ2) is 22.3. The molecule has 6 heterocycles. The molecule has 0 radical (unpaired) electrons. The molecular formula is C54H63N9O4S3. The van der Waals surface area contributed by atoms with E-state index in [0.29, 0.717) is 16.4 Å². The molecule has 70 heavy (non-hydrogen) atoms. The Balaban J connectivity index is 0.000000196. The number of nitrogens with one attached hydrogen (secondary N) is 1. The molecule has 0 bridgehead atoms. The highest BCUT2D eigenvalue weighted by atomic mass is 32.1. The van der Waals surface area contributed by atoms with Crippen LogP contribution in [0.5, 0.6) is 0 Å². The van der Waals surface area contributed by atoms with Crippen molar-refractivity contribution in [2.24, 2.45) is 0 Å². The number of aromatic carboxylic acids is 1. The molecule has 16 heteroatoms. The maximum Gasteiger partial charge on any atom is 0.365 e. The number of nitrogen functional groups attached to an aromatic ring is 2. The van der Waals surface area contributed by atoms with Gasteiger partial charge in [-0.3, -0.25) is 9.59 Å². The van der Waals surface area contributed by atoms with E-state index in [1.807, 2.05) is 76.3 Å². The first-order valence-corrected chi connectivity index (χ1v) is 25.5. The summed E-state index contributed by atoms with van der Waals surface area (Å²) >= 11 is 4.32. The highest BCUT2D eigenvalue weighted by molar-refractivity contribution is 7.14. The van der Waals surface area contributed by atoms with E-state index in [1.165, 1.54) is 32.4 Å². The van der Waals surface area contributed by atoms with Gasteiger partial charge in [0, 0.05) is 96.6 Å². The van der Waals surface area contributed by atoms with Crippen molar-refractivity contribution in [2.45, 2.75) is 80.4 Å². The summed E-state index contributed by atoms with van der Waals surface area (Å²) in [5.41, 5.74) is 27.0. The Labute approximate surface area is 423 Å². The number of nitrogens with zero attached hydrogens (tertiary/aromatic N) is 6. The highest BCUT2D eigenvalue weighted by Gasteiger charge is 2.25. The highest BCUT2D eigenvalue weighted by Crippen LogP contribution is 2.35. The Bertz CT molecular complexity index is 2900. The lowest BCUT2D eigenvalue weighted by Gasteiger charge is -2.20. The molecule has 0 atom stereocenters. The van der Waals surface area contributed by atoms with Crippen molar-refractivity contribution < 1.29 is 19.5 Å². The number of likely N-dealkylation sites (N-methyl/N-ethyl adjacent to an activating group) is 3. The minimum atomic E-state index is -0.915. The van der Waals surface area contributed by atoms with E-state index in [2.05, 4.69) is 75.3 Å². The van der Waals surface area contributed by atoms with Gasteiger partial charge < -0.3 is 36.6 Å². The Hall–Kier alpha value is -6.14. The van der Waals surface area contributed by atoms with Crippen LogP contribution in [0, 0.1) is 27.7 Å². The van der Waals surface area contributed by atoms with Crippen LogP contribution in [0.3, 0.4) is 0 Å². The van der Waals surface area contributed by atoms with Gasteiger partial charge in [0.25, 0.3) is 5.91 Å². The fraction of sp³-hybridized carbons (Fsp3) is 0.333. The third kappa shape index (κ3) is 11.5. The van der Waals surface area contributed by atoms with Gasteiger partial charge in [-0.15, -0.1) is 34.0 Å². The van der Waals surface area contributed by atoms with Crippen LogP contribution in [-0.2, 0) is 45.3 Å². The van der Waals surface area contributed by atoms with Gasteiger partial charge in [-0.1, -0.05) is 62.0 Å². The van der Waals surface area contributed by atoms with Crippen molar-refractivity contribution in [3.8, 4) is 22.3 Å². The predicted molar refractivity (Wildman–Crippen MR) is 288 cm³/mol. The van der Waals surface area contributed by atoms with Crippen molar-refractivity contribution in [2.75, 3.05) is 57.6 Å². The summed E-state index contributed by atoms with van der Waals surface area (Å²) < 4.78 is 0. The lowest BCUT2D eigenvalue weighted by atomic mass is 9.91. The summed E-state index contributed by atoms with van der Waals surface area (Å²) in [6.45, 7) is 13.6. The van der Waals surface area contributed by atoms with Gasteiger partial charge >= 0.3 is 5.97 Å². The average molecular weight is 998 g/mol. The van der Waals surface area contributed by atoms with Crippen LogP contribution in [-0.4, -0.2) is 93.2 Å². The fourth-order valence-corrected chi connectivity index (χ4v) is 12.1. The maximum absolute atomic E-state index is 13.3. The largest absolute Gasteiger partial charge is 0.476 e. The summed E-state index contributed by atoms with van der Waals surface area (Å²) in [6.07, 6.45) is 2.97. The van der Waals surface area contributed by atoms with Crippen LogP contribution < -0.4 is 16.8 Å². The molecule has 4 aromatic carbocycles. The number of hydrogen-bond donors (Lipinski definition) is 4. The molecule has 0 aliphatic carbocycles. The predicted octanol–water partition coefficient (Wildman–Crippen LogP) is 10.1. The zero-order chi connectivity index (χ0) is 49.1. The Kier molecular flexibility index (Phi) is 16.5. The molecule has 0 fully saturated rings. The SMILES string of the molecule is C.CN1CCc2nc(C(=O)O)sc2C1.Cc1c(CC(=O)c2nc3c(s2)CN(C)CC3)cccc1-c1cccc(NC(=O)c2nc3c(s2)CN(C)CC3)c1C.Cc1c(N)cccc1-c1cccc(N)c1C. The van der Waals surface area contributed by atoms with E-state index in [4.69, 9.17) is 21.6 Å². The van der Waals surface area contributed by atoms with Crippen LogP contribution in [0.2, 0.25) is 0 Å². The molecule has 13 nitrogen and oxygen atoms in total. The summed E-state index contributed by atoms with van der Waals surface area (Å²) in [5.74, 6) is -1.02. The number of anilines is 3. The zero-order valence-corrected chi connectivity index (χ0v) is 42.7. The number of hydrogen-bond acceptors (Lipinski definition) is 14. The molecule has 3 aliphatic heterocycles. The van der Waals surface area contributed by atoms with E-state index in [1.54, 1.807) is 11.3 Å². The molecule has 10 rings (SSSR count). The van der Waals surface area contributed by atoms with Gasteiger partial charge in [0.2, 0.25) is 5.01 Å². The van der Waals surface area contributed by atoms with Crippen LogP contribution in [0.15, 0.2) is 72.8 Å². The molecule has 366 valence electrons. The van der Waals surface area contributed by atoms with Gasteiger partial charge in [-0.25, -0.2) is 19.7 Å². The molecule has 0 unspecified atom stereocenters. The first-order chi connectivity index (χ1) is 33.0. The third-order valence-electron chi connectivity index (χ3n) is 13.1. The lowest BCUT2D eigenvalue weighted by Crippen LogP contribution is -2.25. The van der Waals surface area contributed by atoms with Crippen molar-refractivity contribution in [3.63, 3.8) is 0 Å². The third-order valence-corrected chi connectivity index (χ3v) is 16.4. The van der Waals surface area contributed by atoms with Crippen LogP contribution >= 0.6 is 34.0 Å². The van der Waals surface area contributed by atoms with E-state index in [-0.39, 0.29) is 24.1 Å². The Morgan fingerprint density at radius 3 is 1.47 bits per heavy atom. The topological polar surface area (TPSA) is 184 Å². The van der Waals surface area contributed by atoms with Crippen molar-refractivity contribution in [1.29, 1.82) is 0 Å². The standard InChI is InChI=1S/C31H33N5O2S2.C14H16N2.C8H10N2O2S.CH4/c1-18-20(15-26(37)30-33-24-11-13-35(3)16-27(24)39-30)7-5-8-21(18)22-9-6-10-23(19(22)2)32-29(38)31-34-25-12-14-36(4)17-28(25)40-31;1-9-11(5-3-7-13(9)15)12-6-4-8-14(16)10(12)2;1-10-3-2-5-6(4-10)13-7(9-5)8(11)12;/h5-10H,11-17H2,1-4H3,(H,32,38);3-8H,15-16H2,1-2H3;2-4H2,1H3,(H,11,12);1H4. The summed E-state index contributed by atoms with van der Waals surface area (Å²) in [7, 11) is 6.23. The fourth-order valence-electron chi connectivity index (χ4n) is 8.82. The maximum atomic E-state index is 13.3. The van der Waals surface area contributed by atoms with Crippen LogP contribution in [0.1, 0.15) is 96.4 Å². The molecule has 1 amide bonds. The number of fused-ring (bicyclic) bond motifs is 3. The van der Waals surface area contributed by atoms with Crippen molar-refractivity contribution in [1.82, 2.24) is 29.7 Å². The smallest absolute Gasteiger partial charge is 0.365 e. The number of carboxylic acids is 1. The monoisotopic (exact) mass is 997 g/mol. The van der Waals surface area contributed by atoms with E-state index >= 15 is 0 Å². The number of thiazole rings is 3. The van der Waals surface area contributed by atoms with Gasteiger partial charge in [-0.2, -0.15) is 0 Å². The normalized spacial score (nSPS) is 14.4.